The Morgan fingerprint density at radius 2 is 1.41 bits per heavy atom. The Bertz CT molecular complexity index is 1170. The van der Waals surface area contributed by atoms with Gasteiger partial charge in [0.25, 0.3) is 0 Å². The van der Waals surface area contributed by atoms with Gasteiger partial charge >= 0.3 is 11.9 Å². The predicted octanol–water partition coefficient (Wildman–Crippen LogP) is 3.16. The summed E-state index contributed by atoms with van der Waals surface area (Å²) in [5.74, 6) is -1.69. The minimum Gasteiger partial charge on any atom is -0.489 e. The molecule has 4 rings (SSSR count). The number of carbonyl (C=O) groups excluding carboxylic acids is 2. The first kappa shape index (κ1) is 29.4. The van der Waals surface area contributed by atoms with Crippen LogP contribution in [-0.4, -0.2) is 76.0 Å². The van der Waals surface area contributed by atoms with Gasteiger partial charge in [-0.05, 0) is 37.1 Å². The van der Waals surface area contributed by atoms with E-state index in [1.165, 1.54) is 10.5 Å². The molecule has 39 heavy (non-hydrogen) atoms. The maximum atomic E-state index is 11.9. The van der Waals surface area contributed by atoms with Gasteiger partial charge in [0.1, 0.15) is 5.75 Å². The first-order valence-electron chi connectivity index (χ1n) is 12.9. The lowest BCUT2D eigenvalue weighted by molar-refractivity contribution is -0.139. The van der Waals surface area contributed by atoms with Gasteiger partial charge in [0.15, 0.2) is 0 Å². The van der Waals surface area contributed by atoms with E-state index in [1.54, 1.807) is 0 Å². The van der Waals surface area contributed by atoms with E-state index in [1.807, 2.05) is 24.3 Å². The van der Waals surface area contributed by atoms with Crippen molar-refractivity contribution in [3.63, 3.8) is 0 Å². The third kappa shape index (κ3) is 9.26. The van der Waals surface area contributed by atoms with Crippen LogP contribution in [-0.2, 0) is 32.3 Å². The topological polar surface area (TPSA) is 128 Å². The molecular formula is C29H35N3O7. The summed E-state index contributed by atoms with van der Waals surface area (Å²) in [5, 5.41) is 15.6. The van der Waals surface area contributed by atoms with Crippen molar-refractivity contribution in [2.24, 2.45) is 0 Å². The molecule has 0 unspecified atom stereocenters. The number of imide groups is 1. The fourth-order valence-electron chi connectivity index (χ4n) is 4.43. The van der Waals surface area contributed by atoms with Gasteiger partial charge in [-0.1, -0.05) is 36.4 Å². The highest BCUT2D eigenvalue weighted by atomic mass is 16.5. The summed E-state index contributed by atoms with van der Waals surface area (Å²) >= 11 is 0. The van der Waals surface area contributed by atoms with Crippen LogP contribution in [0.5, 0.6) is 5.75 Å². The number of anilines is 1. The molecule has 2 aliphatic heterocycles. The van der Waals surface area contributed by atoms with E-state index in [9.17, 15) is 19.2 Å². The maximum Gasteiger partial charge on any atom is 0.328 e. The highest BCUT2D eigenvalue weighted by molar-refractivity contribution is 6.01. The van der Waals surface area contributed by atoms with E-state index in [-0.39, 0.29) is 17.9 Å². The van der Waals surface area contributed by atoms with Gasteiger partial charge in [-0.25, -0.2) is 9.59 Å². The molecule has 0 bridgehead atoms. The Morgan fingerprint density at radius 1 is 0.846 bits per heavy atom. The fourth-order valence-corrected chi connectivity index (χ4v) is 4.43. The van der Waals surface area contributed by atoms with E-state index in [2.05, 4.69) is 47.9 Å². The molecular weight excluding hydrogens is 502 g/mol. The zero-order valence-electron chi connectivity index (χ0n) is 22.3. The molecule has 10 nitrogen and oxygen atoms in total. The summed E-state index contributed by atoms with van der Waals surface area (Å²) in [6.07, 6.45) is 1.95. The van der Waals surface area contributed by atoms with Crippen LogP contribution in [0.25, 0.3) is 0 Å². The maximum absolute atomic E-state index is 11.9. The lowest BCUT2D eigenvalue weighted by Crippen LogP contribution is -2.46. The standard InChI is InChI=1S/C25H31N3O3.C4H4O4/c1-19(2)31-23-9-4-3-8-22(23)27-14-12-26(13-15-27)17-20-6-5-7-21(16-20)18-28-24(29)10-11-25(28)30;5-3(6)1-2-4(7)8/h3-9,16,19H,10-15,17-18H2,1-2H3;1-2H,(H,5,6)(H,7,8)/b;2-1-. The van der Waals surface area contributed by atoms with Crippen LogP contribution < -0.4 is 9.64 Å². The quantitative estimate of drug-likeness (QED) is 0.366. The summed E-state index contributed by atoms with van der Waals surface area (Å²) in [6.45, 7) is 9.22. The van der Waals surface area contributed by atoms with Crippen LogP contribution in [0, 0.1) is 0 Å². The monoisotopic (exact) mass is 537 g/mol. The SMILES string of the molecule is CC(C)Oc1ccccc1N1CCN(Cc2cccc(CN3C(=O)CCC3=O)c2)CC1.O=C(O)/C=C\C(=O)O. The average molecular weight is 538 g/mol. The number of hydrogen-bond donors (Lipinski definition) is 2. The third-order valence-corrected chi connectivity index (χ3v) is 6.20. The summed E-state index contributed by atoms with van der Waals surface area (Å²) < 4.78 is 6.00. The number of para-hydroxylation sites is 2. The molecule has 2 aliphatic rings. The number of benzene rings is 2. The van der Waals surface area contributed by atoms with E-state index in [0.717, 1.165) is 49.7 Å². The van der Waals surface area contributed by atoms with Crippen LogP contribution in [0.3, 0.4) is 0 Å². The number of nitrogens with zero attached hydrogens (tertiary/aromatic N) is 3. The highest BCUT2D eigenvalue weighted by Gasteiger charge is 2.28. The molecule has 208 valence electrons. The predicted molar refractivity (Wildman–Crippen MR) is 145 cm³/mol. The van der Waals surface area contributed by atoms with Gasteiger partial charge in [0.2, 0.25) is 11.8 Å². The van der Waals surface area contributed by atoms with Crippen molar-refractivity contribution >= 4 is 29.4 Å². The minimum absolute atomic E-state index is 0.0618. The van der Waals surface area contributed by atoms with Gasteiger partial charge in [-0.3, -0.25) is 19.4 Å². The Kier molecular flexibility index (Phi) is 10.6. The van der Waals surface area contributed by atoms with Crippen molar-refractivity contribution in [1.82, 2.24) is 9.80 Å². The Morgan fingerprint density at radius 3 is 1.97 bits per heavy atom. The van der Waals surface area contributed by atoms with Crippen molar-refractivity contribution in [3.8, 4) is 5.75 Å². The van der Waals surface area contributed by atoms with E-state index in [0.29, 0.717) is 31.5 Å². The zero-order valence-corrected chi connectivity index (χ0v) is 22.3. The smallest absolute Gasteiger partial charge is 0.328 e. The molecule has 2 aromatic carbocycles. The van der Waals surface area contributed by atoms with Gasteiger partial charge < -0.3 is 19.8 Å². The number of piperazine rings is 1. The second-order valence-corrected chi connectivity index (χ2v) is 9.60. The van der Waals surface area contributed by atoms with E-state index in [4.69, 9.17) is 14.9 Å². The number of amides is 2. The molecule has 2 N–H and O–H groups in total. The molecule has 2 aromatic rings. The Balaban J connectivity index is 0.000000459. The summed E-state index contributed by atoms with van der Waals surface area (Å²) in [4.78, 5) is 49.2. The zero-order chi connectivity index (χ0) is 28.4. The summed E-state index contributed by atoms with van der Waals surface area (Å²) in [6, 6.07) is 16.5. The van der Waals surface area contributed by atoms with Crippen LogP contribution in [0.1, 0.15) is 37.8 Å². The van der Waals surface area contributed by atoms with Gasteiger partial charge in [0.05, 0.1) is 18.3 Å². The summed E-state index contributed by atoms with van der Waals surface area (Å²) in [5.41, 5.74) is 3.39. The first-order chi connectivity index (χ1) is 18.6. The lowest BCUT2D eigenvalue weighted by atomic mass is 10.1. The van der Waals surface area contributed by atoms with Crippen LogP contribution in [0.15, 0.2) is 60.7 Å². The number of carboxylic acids is 2. The molecule has 10 heteroatoms. The van der Waals surface area contributed by atoms with E-state index < -0.39 is 11.9 Å². The molecule has 0 radical (unpaired) electrons. The van der Waals surface area contributed by atoms with Gasteiger partial charge in [-0.15, -0.1) is 0 Å². The molecule has 2 amide bonds. The third-order valence-electron chi connectivity index (χ3n) is 6.20. The number of ether oxygens (including phenoxy) is 1. The molecule has 2 fully saturated rings. The second kappa shape index (κ2) is 14.1. The minimum atomic E-state index is -1.26. The summed E-state index contributed by atoms with van der Waals surface area (Å²) in [7, 11) is 0. The molecule has 0 atom stereocenters. The van der Waals surface area contributed by atoms with Crippen molar-refractivity contribution < 1.29 is 34.1 Å². The van der Waals surface area contributed by atoms with E-state index >= 15 is 0 Å². The van der Waals surface area contributed by atoms with Crippen molar-refractivity contribution in [2.45, 2.75) is 45.9 Å². The Hall–Kier alpha value is -4.18. The molecule has 0 spiro atoms. The number of carbonyl (C=O) groups is 4. The van der Waals surface area contributed by atoms with Gasteiger partial charge in [0, 0.05) is 57.7 Å². The van der Waals surface area contributed by atoms with Gasteiger partial charge in [-0.2, -0.15) is 0 Å². The van der Waals surface area contributed by atoms with Crippen molar-refractivity contribution in [2.75, 3.05) is 31.1 Å². The molecule has 0 saturated carbocycles. The first-order valence-corrected chi connectivity index (χ1v) is 12.9. The van der Waals surface area contributed by atoms with Crippen molar-refractivity contribution in [1.29, 1.82) is 0 Å². The molecule has 0 aromatic heterocycles. The number of likely N-dealkylation sites (tertiary alicyclic amines) is 1. The molecule has 0 aliphatic carbocycles. The molecule has 2 heterocycles. The molecule has 2 saturated heterocycles. The number of hydrogen-bond acceptors (Lipinski definition) is 7. The largest absolute Gasteiger partial charge is 0.489 e. The van der Waals surface area contributed by atoms with Crippen LogP contribution in [0.4, 0.5) is 5.69 Å². The van der Waals surface area contributed by atoms with Crippen LogP contribution in [0.2, 0.25) is 0 Å². The number of carboxylic acid groups (broad SMARTS) is 2. The number of rotatable bonds is 9. The lowest BCUT2D eigenvalue weighted by Gasteiger charge is -2.37. The normalized spacial score (nSPS) is 16.0. The Labute approximate surface area is 228 Å². The average Bonchev–Trinajstić information content (AvgIpc) is 3.21. The second-order valence-electron chi connectivity index (χ2n) is 9.60. The van der Waals surface area contributed by atoms with Crippen molar-refractivity contribution in [3.05, 3.63) is 71.8 Å². The highest BCUT2D eigenvalue weighted by Crippen LogP contribution is 2.30. The van der Waals surface area contributed by atoms with Crippen LogP contribution >= 0.6 is 0 Å². The fraction of sp³-hybridized carbons (Fsp3) is 0.379. The number of aliphatic carboxylic acids is 2.